The van der Waals surface area contributed by atoms with Gasteiger partial charge in [0.25, 0.3) is 0 Å². The molecule has 1 fully saturated rings. The molecule has 0 bridgehead atoms. The van der Waals surface area contributed by atoms with E-state index in [1.807, 2.05) is 0 Å². The van der Waals surface area contributed by atoms with E-state index in [9.17, 15) is 0 Å². The van der Waals surface area contributed by atoms with Crippen LogP contribution in [0.5, 0.6) is 0 Å². The second-order valence-electron chi connectivity index (χ2n) is 4.80. The lowest BCUT2D eigenvalue weighted by Gasteiger charge is -2.13. The summed E-state index contributed by atoms with van der Waals surface area (Å²) in [4.78, 5) is 9.33. The molecule has 0 spiro atoms. The van der Waals surface area contributed by atoms with Crippen LogP contribution in [0.15, 0.2) is 6.07 Å². The van der Waals surface area contributed by atoms with Crippen LogP contribution in [0.4, 0.5) is 0 Å². The van der Waals surface area contributed by atoms with Gasteiger partial charge >= 0.3 is 0 Å². The Balaban J connectivity index is 2.32. The molecule has 1 aliphatic heterocycles. The topological polar surface area (TPSA) is 37.8 Å². The third kappa shape index (κ3) is 2.40. The first kappa shape index (κ1) is 11.5. The minimum Gasteiger partial charge on any atom is -0.307 e. The van der Waals surface area contributed by atoms with E-state index in [-0.39, 0.29) is 0 Å². The lowest BCUT2D eigenvalue weighted by Crippen LogP contribution is -2.17. The maximum absolute atomic E-state index is 4.69. The van der Waals surface area contributed by atoms with Gasteiger partial charge in [-0.05, 0) is 37.8 Å². The predicted octanol–water partition coefficient (Wildman–Crippen LogP) is 2.59. The van der Waals surface area contributed by atoms with E-state index >= 15 is 0 Å². The quantitative estimate of drug-likeness (QED) is 0.849. The Hall–Kier alpha value is -0.960. The summed E-state index contributed by atoms with van der Waals surface area (Å²) in [6.07, 6.45) is 3.40. The molecule has 1 N–H and O–H groups in total. The Labute approximate surface area is 97.7 Å². The van der Waals surface area contributed by atoms with Crippen LogP contribution in [0, 0.1) is 0 Å². The van der Waals surface area contributed by atoms with Crippen molar-refractivity contribution >= 4 is 0 Å². The number of aryl methyl sites for hydroxylation is 1. The lowest BCUT2D eigenvalue weighted by molar-refractivity contribution is 0.591. The fourth-order valence-electron chi connectivity index (χ4n) is 2.08. The molecule has 0 aromatic carbocycles. The summed E-state index contributed by atoms with van der Waals surface area (Å²) in [5.41, 5.74) is 2.35. The van der Waals surface area contributed by atoms with Crippen LogP contribution in [0.1, 0.15) is 62.8 Å². The molecular formula is C13H21N3. The zero-order valence-corrected chi connectivity index (χ0v) is 10.5. The van der Waals surface area contributed by atoms with E-state index < -0.39 is 0 Å². The molecule has 1 saturated heterocycles. The fourth-order valence-corrected chi connectivity index (χ4v) is 2.08. The van der Waals surface area contributed by atoms with Gasteiger partial charge in [0.15, 0.2) is 0 Å². The Kier molecular flexibility index (Phi) is 3.54. The molecule has 2 rings (SSSR count). The zero-order valence-electron chi connectivity index (χ0n) is 10.5. The number of nitrogens with zero attached hydrogens (tertiary/aromatic N) is 2. The Morgan fingerprint density at radius 2 is 2.25 bits per heavy atom. The second-order valence-corrected chi connectivity index (χ2v) is 4.80. The molecule has 0 aliphatic carbocycles. The fraction of sp³-hybridized carbons (Fsp3) is 0.692. The summed E-state index contributed by atoms with van der Waals surface area (Å²) in [7, 11) is 0. The van der Waals surface area contributed by atoms with Gasteiger partial charge in [0.05, 0.1) is 6.04 Å². The molecule has 2 heterocycles. The molecule has 3 heteroatoms. The largest absolute Gasteiger partial charge is 0.307 e. The van der Waals surface area contributed by atoms with Crippen molar-refractivity contribution in [1.82, 2.24) is 15.3 Å². The monoisotopic (exact) mass is 219 g/mol. The normalized spacial score (nSPS) is 20.6. The van der Waals surface area contributed by atoms with Gasteiger partial charge in [-0.2, -0.15) is 0 Å². The van der Waals surface area contributed by atoms with Crippen molar-refractivity contribution in [2.45, 2.75) is 52.0 Å². The predicted molar refractivity (Wildman–Crippen MR) is 65.5 cm³/mol. The highest BCUT2D eigenvalue weighted by atomic mass is 15.0. The van der Waals surface area contributed by atoms with E-state index in [0.717, 1.165) is 18.8 Å². The van der Waals surface area contributed by atoms with Crippen molar-refractivity contribution in [1.29, 1.82) is 0 Å². The van der Waals surface area contributed by atoms with Crippen LogP contribution in [0.2, 0.25) is 0 Å². The molecule has 1 aromatic rings. The summed E-state index contributed by atoms with van der Waals surface area (Å²) >= 11 is 0. The maximum Gasteiger partial charge on any atom is 0.145 e. The Morgan fingerprint density at radius 3 is 2.81 bits per heavy atom. The Bertz CT molecular complexity index is 354. The van der Waals surface area contributed by atoms with Gasteiger partial charge in [0.2, 0.25) is 0 Å². The molecule has 3 nitrogen and oxygen atoms in total. The van der Waals surface area contributed by atoms with Crippen LogP contribution in [-0.4, -0.2) is 16.5 Å². The van der Waals surface area contributed by atoms with E-state index in [0.29, 0.717) is 12.0 Å². The minimum atomic E-state index is 0.379. The van der Waals surface area contributed by atoms with Gasteiger partial charge in [-0.15, -0.1) is 0 Å². The maximum atomic E-state index is 4.69. The van der Waals surface area contributed by atoms with Crippen LogP contribution < -0.4 is 5.32 Å². The zero-order chi connectivity index (χ0) is 11.5. The number of nitrogens with one attached hydrogen (secondary N) is 1. The summed E-state index contributed by atoms with van der Waals surface area (Å²) in [5.74, 6) is 1.48. The van der Waals surface area contributed by atoms with Crippen LogP contribution >= 0.6 is 0 Å². The summed E-state index contributed by atoms with van der Waals surface area (Å²) < 4.78 is 0. The van der Waals surface area contributed by atoms with Gasteiger partial charge in [0.1, 0.15) is 5.82 Å². The molecule has 0 radical (unpaired) electrons. The summed E-state index contributed by atoms with van der Waals surface area (Å²) in [6.45, 7) is 7.63. The van der Waals surface area contributed by atoms with Crippen LogP contribution in [0.25, 0.3) is 0 Å². The molecule has 88 valence electrons. The summed E-state index contributed by atoms with van der Waals surface area (Å²) in [5, 5.41) is 3.47. The number of hydrogen-bond acceptors (Lipinski definition) is 3. The molecule has 1 aliphatic rings. The smallest absolute Gasteiger partial charge is 0.145 e. The van der Waals surface area contributed by atoms with E-state index in [1.165, 1.54) is 24.2 Å². The van der Waals surface area contributed by atoms with Gasteiger partial charge in [-0.3, -0.25) is 0 Å². The Morgan fingerprint density at radius 1 is 1.44 bits per heavy atom. The molecule has 0 saturated carbocycles. The van der Waals surface area contributed by atoms with Crippen molar-refractivity contribution in [3.63, 3.8) is 0 Å². The van der Waals surface area contributed by atoms with E-state index in [4.69, 9.17) is 0 Å². The molecule has 1 aromatic heterocycles. The van der Waals surface area contributed by atoms with Gasteiger partial charge < -0.3 is 5.32 Å². The van der Waals surface area contributed by atoms with Gasteiger partial charge in [0, 0.05) is 11.4 Å². The van der Waals surface area contributed by atoms with Crippen molar-refractivity contribution < 1.29 is 0 Å². The van der Waals surface area contributed by atoms with Gasteiger partial charge in [-0.25, -0.2) is 9.97 Å². The molecule has 0 amide bonds. The lowest BCUT2D eigenvalue weighted by atomic mass is 10.1. The third-order valence-corrected chi connectivity index (χ3v) is 3.14. The standard InChI is InChI=1S/C13H21N3/c1-4-10-8-12(9(2)3)16-13(15-10)11-6-5-7-14-11/h8-9,11,14H,4-7H2,1-3H3. The van der Waals surface area contributed by atoms with Crippen LogP contribution in [0.3, 0.4) is 0 Å². The minimum absolute atomic E-state index is 0.379. The number of rotatable bonds is 3. The van der Waals surface area contributed by atoms with E-state index in [1.54, 1.807) is 0 Å². The molecule has 1 atom stereocenters. The first-order chi connectivity index (χ1) is 7.70. The van der Waals surface area contributed by atoms with Crippen molar-refractivity contribution in [3.05, 3.63) is 23.3 Å². The average Bonchev–Trinajstić information content (AvgIpc) is 2.81. The number of hydrogen-bond donors (Lipinski definition) is 1. The molecule has 1 unspecified atom stereocenters. The van der Waals surface area contributed by atoms with Crippen molar-refractivity contribution in [3.8, 4) is 0 Å². The third-order valence-electron chi connectivity index (χ3n) is 3.14. The van der Waals surface area contributed by atoms with Gasteiger partial charge in [-0.1, -0.05) is 20.8 Å². The first-order valence-corrected chi connectivity index (χ1v) is 6.31. The molecular weight excluding hydrogens is 198 g/mol. The van der Waals surface area contributed by atoms with Crippen molar-refractivity contribution in [2.24, 2.45) is 0 Å². The molecule has 16 heavy (non-hydrogen) atoms. The van der Waals surface area contributed by atoms with Crippen molar-refractivity contribution in [2.75, 3.05) is 6.54 Å². The number of aromatic nitrogens is 2. The summed E-state index contributed by atoms with van der Waals surface area (Å²) in [6, 6.07) is 2.52. The second kappa shape index (κ2) is 4.91. The highest BCUT2D eigenvalue weighted by Gasteiger charge is 2.20. The first-order valence-electron chi connectivity index (χ1n) is 6.31. The average molecular weight is 219 g/mol. The highest BCUT2D eigenvalue weighted by molar-refractivity contribution is 5.16. The van der Waals surface area contributed by atoms with Crippen LogP contribution in [-0.2, 0) is 6.42 Å². The highest BCUT2D eigenvalue weighted by Crippen LogP contribution is 2.22. The SMILES string of the molecule is CCc1cc(C(C)C)nc(C2CCCN2)n1. The van der Waals surface area contributed by atoms with E-state index in [2.05, 4.69) is 42.1 Å².